The van der Waals surface area contributed by atoms with Gasteiger partial charge in [-0.3, -0.25) is 9.59 Å². The van der Waals surface area contributed by atoms with Gasteiger partial charge in [-0.1, -0.05) is 36.4 Å². The second kappa shape index (κ2) is 9.68. The minimum Gasteiger partial charge on any atom is -0.496 e. The van der Waals surface area contributed by atoms with Crippen molar-refractivity contribution in [3.63, 3.8) is 0 Å². The summed E-state index contributed by atoms with van der Waals surface area (Å²) in [6, 6.07) is 17.1. The van der Waals surface area contributed by atoms with Crippen molar-refractivity contribution in [3.05, 3.63) is 71.6 Å². The fourth-order valence-electron chi connectivity index (χ4n) is 3.96. The Bertz CT molecular complexity index is 1090. The molecule has 0 bridgehead atoms. The Balaban J connectivity index is 1.32. The first-order chi connectivity index (χ1) is 15.5. The molecule has 1 fully saturated rings. The number of rotatable bonds is 6. The summed E-state index contributed by atoms with van der Waals surface area (Å²) < 4.78 is 11.0. The summed E-state index contributed by atoms with van der Waals surface area (Å²) in [5.41, 5.74) is 2.02. The Hall–Kier alpha value is -3.61. The molecule has 1 saturated heterocycles. The molecule has 166 valence electrons. The number of ether oxygens (including phenoxy) is 1. The van der Waals surface area contributed by atoms with Crippen molar-refractivity contribution in [1.82, 2.24) is 15.2 Å². The summed E-state index contributed by atoms with van der Waals surface area (Å²) in [6.45, 7) is 2.95. The zero-order valence-corrected chi connectivity index (χ0v) is 18.3. The number of para-hydroxylation sites is 1. The van der Waals surface area contributed by atoms with E-state index in [0.29, 0.717) is 49.7 Å². The van der Waals surface area contributed by atoms with E-state index >= 15 is 0 Å². The Morgan fingerprint density at radius 1 is 1.09 bits per heavy atom. The van der Waals surface area contributed by atoms with E-state index in [-0.39, 0.29) is 17.9 Å². The molecule has 1 aliphatic rings. The SMILES string of the molecule is COc1ccccc1CC(=O)N1CCC(NC(=O)c2nc(-c3ccccc3)oc2C)CC1. The predicted molar refractivity (Wildman–Crippen MR) is 120 cm³/mol. The van der Waals surface area contributed by atoms with Crippen molar-refractivity contribution in [2.45, 2.75) is 32.2 Å². The molecule has 1 aromatic heterocycles. The molecule has 1 aliphatic heterocycles. The molecule has 3 aromatic rings. The molecule has 1 N–H and O–H groups in total. The smallest absolute Gasteiger partial charge is 0.273 e. The molecule has 0 radical (unpaired) electrons. The third-order valence-electron chi connectivity index (χ3n) is 5.75. The first-order valence-electron chi connectivity index (χ1n) is 10.8. The Labute approximate surface area is 187 Å². The number of carbonyl (C=O) groups excluding carboxylic acids is 2. The maximum Gasteiger partial charge on any atom is 0.273 e. The molecule has 0 atom stereocenters. The molecule has 7 heteroatoms. The number of amides is 2. The van der Waals surface area contributed by atoms with E-state index in [1.54, 1.807) is 14.0 Å². The summed E-state index contributed by atoms with van der Waals surface area (Å²) in [5.74, 6) is 1.47. The summed E-state index contributed by atoms with van der Waals surface area (Å²) in [4.78, 5) is 31.8. The largest absolute Gasteiger partial charge is 0.496 e. The summed E-state index contributed by atoms with van der Waals surface area (Å²) >= 11 is 0. The first kappa shape index (κ1) is 21.6. The maximum absolute atomic E-state index is 12.8. The van der Waals surface area contributed by atoms with Crippen molar-refractivity contribution in [2.24, 2.45) is 0 Å². The zero-order valence-electron chi connectivity index (χ0n) is 18.3. The maximum atomic E-state index is 12.8. The topological polar surface area (TPSA) is 84.7 Å². The molecule has 2 aromatic carbocycles. The van der Waals surface area contributed by atoms with Crippen LogP contribution in [0.4, 0.5) is 0 Å². The molecule has 4 rings (SSSR count). The fraction of sp³-hybridized carbons (Fsp3) is 0.320. The van der Waals surface area contributed by atoms with E-state index in [1.807, 2.05) is 59.5 Å². The third kappa shape index (κ3) is 4.82. The highest BCUT2D eigenvalue weighted by atomic mass is 16.5. The minimum absolute atomic E-state index is 0.00548. The van der Waals surface area contributed by atoms with Gasteiger partial charge in [-0.25, -0.2) is 4.98 Å². The van der Waals surface area contributed by atoms with Gasteiger partial charge in [0, 0.05) is 30.3 Å². The molecular formula is C25H27N3O4. The quantitative estimate of drug-likeness (QED) is 0.642. The van der Waals surface area contributed by atoms with E-state index in [4.69, 9.17) is 9.15 Å². The normalized spacial score (nSPS) is 14.2. The highest BCUT2D eigenvalue weighted by Gasteiger charge is 2.26. The van der Waals surface area contributed by atoms with Crippen LogP contribution in [0.15, 0.2) is 59.0 Å². The van der Waals surface area contributed by atoms with Gasteiger partial charge >= 0.3 is 0 Å². The van der Waals surface area contributed by atoms with Crippen molar-refractivity contribution in [2.75, 3.05) is 20.2 Å². The number of likely N-dealkylation sites (tertiary alicyclic amines) is 1. The number of aryl methyl sites for hydroxylation is 1. The number of nitrogens with zero attached hydrogens (tertiary/aromatic N) is 2. The van der Waals surface area contributed by atoms with E-state index in [2.05, 4.69) is 10.3 Å². The number of hydrogen-bond donors (Lipinski definition) is 1. The predicted octanol–water partition coefficient (Wildman–Crippen LogP) is 3.62. The lowest BCUT2D eigenvalue weighted by Crippen LogP contribution is -2.47. The Morgan fingerprint density at radius 3 is 2.50 bits per heavy atom. The summed E-state index contributed by atoms with van der Waals surface area (Å²) in [6.07, 6.45) is 1.71. The van der Waals surface area contributed by atoms with Crippen LogP contribution in [0.25, 0.3) is 11.5 Å². The molecule has 2 amide bonds. The van der Waals surface area contributed by atoms with Crippen molar-refractivity contribution in [3.8, 4) is 17.2 Å². The van der Waals surface area contributed by atoms with Crippen LogP contribution in [0, 0.1) is 6.92 Å². The standard InChI is InChI=1S/C25H27N3O4/c1-17-23(27-25(32-17)18-8-4-3-5-9-18)24(30)26-20-12-14-28(15-13-20)22(29)16-19-10-6-7-11-21(19)31-2/h3-11,20H,12-16H2,1-2H3,(H,26,30). The van der Waals surface area contributed by atoms with Gasteiger partial charge in [-0.15, -0.1) is 0 Å². The number of carbonyl (C=O) groups is 2. The Morgan fingerprint density at radius 2 is 1.78 bits per heavy atom. The number of methoxy groups -OCH3 is 1. The highest BCUT2D eigenvalue weighted by molar-refractivity contribution is 5.94. The van der Waals surface area contributed by atoms with E-state index < -0.39 is 0 Å². The molecule has 0 spiro atoms. The van der Waals surface area contributed by atoms with Crippen LogP contribution in [0.3, 0.4) is 0 Å². The average Bonchev–Trinajstić information content (AvgIpc) is 3.22. The van der Waals surface area contributed by atoms with Gasteiger partial charge < -0.3 is 19.4 Å². The van der Waals surface area contributed by atoms with Crippen LogP contribution in [0.5, 0.6) is 5.75 Å². The van der Waals surface area contributed by atoms with Gasteiger partial charge in [0.15, 0.2) is 5.69 Å². The van der Waals surface area contributed by atoms with Crippen molar-refractivity contribution in [1.29, 1.82) is 0 Å². The molecule has 0 unspecified atom stereocenters. The van der Waals surface area contributed by atoms with Gasteiger partial charge in [0.05, 0.1) is 13.5 Å². The van der Waals surface area contributed by atoms with Crippen LogP contribution in [0.2, 0.25) is 0 Å². The number of nitrogens with one attached hydrogen (secondary N) is 1. The van der Waals surface area contributed by atoms with Crippen molar-refractivity contribution < 1.29 is 18.7 Å². The lowest BCUT2D eigenvalue weighted by Gasteiger charge is -2.32. The van der Waals surface area contributed by atoms with E-state index in [1.165, 1.54) is 0 Å². The lowest BCUT2D eigenvalue weighted by atomic mass is 10.0. The first-order valence-corrected chi connectivity index (χ1v) is 10.8. The fourth-order valence-corrected chi connectivity index (χ4v) is 3.96. The van der Waals surface area contributed by atoms with Crippen molar-refractivity contribution >= 4 is 11.8 Å². The lowest BCUT2D eigenvalue weighted by molar-refractivity contribution is -0.131. The molecular weight excluding hydrogens is 406 g/mol. The van der Waals surface area contributed by atoms with Gasteiger partial charge in [0.1, 0.15) is 11.5 Å². The third-order valence-corrected chi connectivity index (χ3v) is 5.75. The monoisotopic (exact) mass is 433 g/mol. The van der Waals surface area contributed by atoms with Crippen LogP contribution in [0.1, 0.15) is 34.7 Å². The number of aromatic nitrogens is 1. The van der Waals surface area contributed by atoms with E-state index in [9.17, 15) is 9.59 Å². The van der Waals surface area contributed by atoms with Gasteiger partial charge in [0.25, 0.3) is 5.91 Å². The number of oxazole rings is 1. The number of hydrogen-bond acceptors (Lipinski definition) is 5. The second-order valence-electron chi connectivity index (χ2n) is 7.91. The number of benzene rings is 2. The molecule has 0 saturated carbocycles. The molecule has 7 nitrogen and oxygen atoms in total. The van der Waals surface area contributed by atoms with Crippen LogP contribution >= 0.6 is 0 Å². The summed E-state index contributed by atoms with van der Waals surface area (Å²) in [5, 5.41) is 3.05. The second-order valence-corrected chi connectivity index (χ2v) is 7.91. The summed E-state index contributed by atoms with van der Waals surface area (Å²) in [7, 11) is 1.61. The van der Waals surface area contributed by atoms with Crippen LogP contribution < -0.4 is 10.1 Å². The van der Waals surface area contributed by atoms with E-state index in [0.717, 1.165) is 16.9 Å². The van der Waals surface area contributed by atoms with Gasteiger partial charge in [-0.2, -0.15) is 0 Å². The molecule has 0 aliphatic carbocycles. The minimum atomic E-state index is -0.243. The van der Waals surface area contributed by atoms with Crippen LogP contribution in [-0.2, 0) is 11.2 Å². The number of piperidine rings is 1. The zero-order chi connectivity index (χ0) is 22.5. The molecule has 2 heterocycles. The average molecular weight is 434 g/mol. The van der Waals surface area contributed by atoms with Gasteiger partial charge in [-0.05, 0) is 38.0 Å². The van der Waals surface area contributed by atoms with Crippen LogP contribution in [-0.4, -0.2) is 47.9 Å². The van der Waals surface area contributed by atoms with Gasteiger partial charge in [0.2, 0.25) is 11.8 Å². The highest BCUT2D eigenvalue weighted by Crippen LogP contribution is 2.22. The molecule has 32 heavy (non-hydrogen) atoms. The Kier molecular flexibility index (Phi) is 6.54.